The van der Waals surface area contributed by atoms with Crippen LogP contribution < -0.4 is 9.47 Å². The van der Waals surface area contributed by atoms with Crippen LogP contribution in [0.2, 0.25) is 0 Å². The molecule has 0 spiro atoms. The fourth-order valence-electron chi connectivity index (χ4n) is 7.11. The number of hydrogen-bond donors (Lipinski definition) is 1. The molecular formula is C55H72N6O7. The van der Waals surface area contributed by atoms with E-state index in [4.69, 9.17) is 18.9 Å². The standard InChI is InChI=1S/C55H72N6O7/c1-4-54(63)67-40-24-20-16-12-8-6-10-14-18-22-38-65-49-33-30-47(31-34-49)56-59-48-32-36-51(44(3)42-48)60-57-45-26-28-46(29-27-45)58-61-52-37-35-50(43-53(52)62)66-39-23-19-15-11-7-9-13-17-21-25-41-68-55(64)5-2/h4-5,26-37,42-43,62H,1-2,6-25,38-41H2,3H3. The number of phenolic OH excluding ortho intramolecular Hbond substituents is 1. The fraction of sp³-hybridized carbons (Fsp3) is 0.455. The van der Waals surface area contributed by atoms with E-state index in [9.17, 15) is 14.7 Å². The number of benzene rings is 4. The van der Waals surface area contributed by atoms with Gasteiger partial charge in [0.05, 0.1) is 54.9 Å². The number of ether oxygens (including phenoxy) is 4. The summed E-state index contributed by atoms with van der Waals surface area (Å²) in [5.74, 6) is 0.747. The summed E-state index contributed by atoms with van der Waals surface area (Å²) in [5.41, 5.74) is 4.73. The van der Waals surface area contributed by atoms with Crippen LogP contribution in [0.25, 0.3) is 0 Å². The zero-order chi connectivity index (χ0) is 48.3. The van der Waals surface area contributed by atoms with Crippen LogP contribution in [0.3, 0.4) is 0 Å². The Morgan fingerprint density at radius 1 is 0.426 bits per heavy atom. The van der Waals surface area contributed by atoms with Gasteiger partial charge in [-0.15, -0.1) is 5.11 Å². The van der Waals surface area contributed by atoms with Crippen molar-refractivity contribution in [3.8, 4) is 17.2 Å². The van der Waals surface area contributed by atoms with Gasteiger partial charge in [-0.3, -0.25) is 0 Å². The maximum Gasteiger partial charge on any atom is 0.330 e. The first-order valence-corrected chi connectivity index (χ1v) is 24.6. The van der Waals surface area contributed by atoms with Crippen molar-refractivity contribution in [3.63, 3.8) is 0 Å². The van der Waals surface area contributed by atoms with Crippen molar-refractivity contribution in [1.82, 2.24) is 0 Å². The second-order valence-corrected chi connectivity index (χ2v) is 16.7. The Morgan fingerprint density at radius 2 is 0.765 bits per heavy atom. The van der Waals surface area contributed by atoms with E-state index >= 15 is 0 Å². The van der Waals surface area contributed by atoms with Crippen molar-refractivity contribution in [3.05, 3.63) is 116 Å². The Hall–Kier alpha value is -6.50. The fourth-order valence-corrected chi connectivity index (χ4v) is 7.11. The van der Waals surface area contributed by atoms with Crippen LogP contribution in [-0.4, -0.2) is 43.5 Å². The molecule has 0 fully saturated rings. The molecule has 0 aliphatic carbocycles. The Labute approximate surface area is 403 Å². The molecule has 364 valence electrons. The van der Waals surface area contributed by atoms with Crippen LogP contribution in [0.15, 0.2) is 141 Å². The third-order valence-electron chi connectivity index (χ3n) is 11.1. The molecule has 0 unspecified atom stereocenters. The van der Waals surface area contributed by atoms with Gasteiger partial charge in [-0.25, -0.2) is 9.59 Å². The zero-order valence-electron chi connectivity index (χ0n) is 40.2. The van der Waals surface area contributed by atoms with Gasteiger partial charge in [0.15, 0.2) is 0 Å². The highest BCUT2D eigenvalue weighted by molar-refractivity contribution is 5.81. The van der Waals surface area contributed by atoms with Crippen LogP contribution in [0.4, 0.5) is 34.1 Å². The molecule has 0 aliphatic rings. The van der Waals surface area contributed by atoms with Crippen LogP contribution in [-0.2, 0) is 19.1 Å². The van der Waals surface area contributed by atoms with Crippen molar-refractivity contribution in [1.29, 1.82) is 0 Å². The normalized spacial score (nSPS) is 11.4. The summed E-state index contributed by atoms with van der Waals surface area (Å²) < 4.78 is 21.8. The lowest BCUT2D eigenvalue weighted by Crippen LogP contribution is -2.01. The van der Waals surface area contributed by atoms with Gasteiger partial charge in [0.1, 0.15) is 22.9 Å². The minimum atomic E-state index is -0.347. The summed E-state index contributed by atoms with van der Waals surface area (Å²) in [7, 11) is 0. The Kier molecular flexibility index (Phi) is 27.0. The topological polar surface area (TPSA) is 165 Å². The number of unbranched alkanes of at least 4 members (excludes halogenated alkanes) is 18. The van der Waals surface area contributed by atoms with Crippen LogP contribution in [0.5, 0.6) is 17.2 Å². The van der Waals surface area contributed by atoms with E-state index in [2.05, 4.69) is 43.8 Å². The summed E-state index contributed by atoms with van der Waals surface area (Å²) >= 11 is 0. The molecule has 0 bridgehead atoms. The van der Waals surface area contributed by atoms with Crippen LogP contribution in [0.1, 0.15) is 134 Å². The molecule has 0 saturated heterocycles. The average Bonchev–Trinajstić information content (AvgIpc) is 3.35. The van der Waals surface area contributed by atoms with Crippen LogP contribution in [0, 0.1) is 6.92 Å². The Bertz CT molecular complexity index is 2170. The first-order valence-electron chi connectivity index (χ1n) is 24.6. The smallest absolute Gasteiger partial charge is 0.330 e. The molecule has 0 aliphatic heterocycles. The minimum Gasteiger partial charge on any atom is -0.505 e. The highest BCUT2D eigenvalue weighted by Crippen LogP contribution is 2.33. The average molecular weight is 929 g/mol. The number of phenols is 1. The van der Waals surface area contributed by atoms with Gasteiger partial charge in [-0.05, 0) is 117 Å². The maximum absolute atomic E-state index is 11.0. The lowest BCUT2D eigenvalue weighted by Gasteiger charge is -2.07. The molecule has 13 nitrogen and oxygen atoms in total. The van der Waals surface area contributed by atoms with Crippen molar-refractivity contribution < 1.29 is 33.6 Å². The highest BCUT2D eigenvalue weighted by atomic mass is 16.5. The molecule has 4 rings (SSSR count). The van der Waals surface area contributed by atoms with E-state index in [0.717, 1.165) is 74.1 Å². The van der Waals surface area contributed by atoms with E-state index < -0.39 is 0 Å². The van der Waals surface area contributed by atoms with Gasteiger partial charge in [0.2, 0.25) is 0 Å². The minimum absolute atomic E-state index is 0.00398. The van der Waals surface area contributed by atoms with E-state index in [0.29, 0.717) is 54.9 Å². The van der Waals surface area contributed by atoms with Gasteiger partial charge < -0.3 is 24.1 Å². The number of aryl methyl sites for hydroxylation is 1. The predicted molar refractivity (Wildman–Crippen MR) is 270 cm³/mol. The van der Waals surface area contributed by atoms with Gasteiger partial charge >= 0.3 is 11.9 Å². The van der Waals surface area contributed by atoms with Crippen molar-refractivity contribution in [2.45, 2.75) is 135 Å². The van der Waals surface area contributed by atoms with Gasteiger partial charge in [-0.2, -0.15) is 25.6 Å². The number of carbonyl (C=O) groups excluding carboxylic acids is 2. The largest absolute Gasteiger partial charge is 0.505 e. The molecular weight excluding hydrogens is 857 g/mol. The van der Waals surface area contributed by atoms with E-state index in [1.807, 2.05) is 61.5 Å². The SMILES string of the molecule is C=CC(=O)OCCCCCCCCCCCCOc1ccc(N=Nc2ccc(N=Nc3ccc(N=Nc4ccc(OCCCCCCCCCCCCOC(=O)C=C)cc4O)cc3)c(C)c2)cc1. The van der Waals surface area contributed by atoms with E-state index in [-0.39, 0.29) is 17.7 Å². The number of nitrogens with zero attached hydrogens (tertiary/aromatic N) is 6. The number of aromatic hydroxyl groups is 1. The monoisotopic (exact) mass is 929 g/mol. The van der Waals surface area contributed by atoms with Gasteiger partial charge in [0, 0.05) is 18.2 Å². The number of rotatable bonds is 36. The van der Waals surface area contributed by atoms with Crippen molar-refractivity contribution in [2.75, 3.05) is 26.4 Å². The van der Waals surface area contributed by atoms with Crippen molar-refractivity contribution in [2.24, 2.45) is 30.7 Å². The van der Waals surface area contributed by atoms with E-state index in [1.165, 1.54) is 89.2 Å². The van der Waals surface area contributed by atoms with Crippen LogP contribution >= 0.6 is 0 Å². The first-order chi connectivity index (χ1) is 33.3. The summed E-state index contributed by atoms with van der Waals surface area (Å²) in [5, 5.41) is 36.7. The first kappa shape index (κ1) is 54.1. The number of carbonyl (C=O) groups is 2. The zero-order valence-corrected chi connectivity index (χ0v) is 40.2. The summed E-state index contributed by atoms with van der Waals surface area (Å²) in [6, 6.07) is 25.6. The van der Waals surface area contributed by atoms with Gasteiger partial charge in [0.25, 0.3) is 0 Å². The predicted octanol–water partition coefficient (Wildman–Crippen LogP) is 17.0. The van der Waals surface area contributed by atoms with Gasteiger partial charge in [-0.1, -0.05) is 116 Å². The van der Waals surface area contributed by atoms with Crippen molar-refractivity contribution >= 4 is 46.1 Å². The molecule has 0 amide bonds. The highest BCUT2D eigenvalue weighted by Gasteiger charge is 2.05. The Morgan fingerprint density at radius 3 is 1.21 bits per heavy atom. The number of hydrogen-bond acceptors (Lipinski definition) is 13. The maximum atomic E-state index is 11.0. The molecule has 0 atom stereocenters. The number of azo groups is 3. The molecule has 4 aromatic carbocycles. The molecule has 1 N–H and O–H groups in total. The van der Waals surface area contributed by atoms with E-state index in [1.54, 1.807) is 30.3 Å². The third-order valence-corrected chi connectivity index (χ3v) is 11.1. The third kappa shape index (κ3) is 23.8. The second kappa shape index (κ2) is 33.9. The second-order valence-electron chi connectivity index (χ2n) is 16.7. The summed E-state index contributed by atoms with van der Waals surface area (Å²) in [6.07, 6.45) is 25.4. The molecule has 0 aromatic heterocycles. The lowest BCUT2D eigenvalue weighted by atomic mass is 10.1. The summed E-state index contributed by atoms with van der Waals surface area (Å²) in [6.45, 7) is 11.0. The molecule has 0 radical (unpaired) electrons. The lowest BCUT2D eigenvalue weighted by molar-refractivity contribution is -0.138. The molecule has 13 heteroatoms. The summed E-state index contributed by atoms with van der Waals surface area (Å²) in [4.78, 5) is 22.1. The molecule has 68 heavy (non-hydrogen) atoms. The quantitative estimate of drug-likeness (QED) is 0.0205. The molecule has 0 saturated carbocycles. The molecule has 0 heterocycles. The number of esters is 2. The molecule has 4 aromatic rings. The Balaban J connectivity index is 1.05.